The van der Waals surface area contributed by atoms with Crippen molar-refractivity contribution >= 4 is 41.0 Å². The molecule has 1 heterocycles. The molecule has 1 fully saturated rings. The second kappa shape index (κ2) is 5.70. The highest BCUT2D eigenvalue weighted by atomic mass is 35.5. The van der Waals surface area contributed by atoms with E-state index in [1.54, 1.807) is 18.2 Å². The summed E-state index contributed by atoms with van der Waals surface area (Å²) >= 11 is 12.0. The molecule has 0 spiro atoms. The summed E-state index contributed by atoms with van der Waals surface area (Å²) in [6.45, 7) is 7.00. The molecule has 2 atom stereocenters. The molecular weight excluding hydrogens is 330 g/mol. The quantitative estimate of drug-likeness (QED) is 0.555. The highest BCUT2D eigenvalue weighted by molar-refractivity contribution is 6.35. The second-order valence-electron chi connectivity index (χ2n) is 6.41. The van der Waals surface area contributed by atoms with E-state index in [-0.39, 0.29) is 5.91 Å². The number of halogens is 3. The van der Waals surface area contributed by atoms with Crippen molar-refractivity contribution in [3.63, 3.8) is 0 Å². The minimum absolute atomic E-state index is 0.362. The molecule has 0 bridgehead atoms. The number of amides is 2. The Balaban J connectivity index is 2.60. The fourth-order valence-corrected chi connectivity index (χ4v) is 3.29. The van der Waals surface area contributed by atoms with Gasteiger partial charge in [-0.2, -0.15) is 0 Å². The Morgan fingerprint density at radius 2 is 1.68 bits per heavy atom. The summed E-state index contributed by atoms with van der Waals surface area (Å²) in [6, 6.07) is 3.80. The third-order valence-corrected chi connectivity index (χ3v) is 4.06. The Bertz CT molecular complexity index is 610. The zero-order valence-corrected chi connectivity index (χ0v) is 14.2. The summed E-state index contributed by atoms with van der Waals surface area (Å²) in [5.41, 5.74) is -0.116. The first-order chi connectivity index (χ1) is 10.0. The lowest BCUT2D eigenvalue weighted by atomic mass is 9.90. The van der Waals surface area contributed by atoms with Crippen LogP contribution in [0, 0.1) is 5.41 Å². The monoisotopic (exact) mass is 346 g/mol. The lowest BCUT2D eigenvalue weighted by Gasteiger charge is -2.38. The summed E-state index contributed by atoms with van der Waals surface area (Å²) in [5, 5.41) is 0.723. The second-order valence-corrected chi connectivity index (χ2v) is 7.28. The van der Waals surface area contributed by atoms with Gasteiger partial charge in [0, 0.05) is 21.1 Å². The molecule has 0 N–H and O–H groups in total. The Morgan fingerprint density at radius 1 is 1.18 bits per heavy atom. The average Bonchev–Trinajstić information content (AvgIpc) is 2.61. The van der Waals surface area contributed by atoms with Crippen LogP contribution >= 0.6 is 23.2 Å². The van der Waals surface area contributed by atoms with Gasteiger partial charge in [0.05, 0.1) is 0 Å². The number of benzene rings is 1. The lowest BCUT2D eigenvalue weighted by Crippen LogP contribution is -2.50. The van der Waals surface area contributed by atoms with E-state index in [9.17, 15) is 14.0 Å². The average molecular weight is 347 g/mol. The Labute approximate surface area is 138 Å². The van der Waals surface area contributed by atoms with Crippen LogP contribution in [0.25, 0.3) is 0 Å². The predicted molar refractivity (Wildman–Crippen MR) is 85.0 cm³/mol. The van der Waals surface area contributed by atoms with Crippen LogP contribution in [-0.4, -0.2) is 29.2 Å². The maximum atomic E-state index is 13.5. The molecule has 1 aliphatic rings. The number of rotatable bonds is 1. The van der Waals surface area contributed by atoms with Crippen LogP contribution in [0.2, 0.25) is 10.0 Å². The van der Waals surface area contributed by atoms with Crippen molar-refractivity contribution in [1.82, 2.24) is 4.90 Å². The molecule has 1 aromatic rings. The Kier molecular flexibility index (Phi) is 4.42. The third kappa shape index (κ3) is 2.92. The van der Waals surface area contributed by atoms with Gasteiger partial charge < -0.3 is 0 Å². The van der Waals surface area contributed by atoms with E-state index in [4.69, 9.17) is 23.2 Å². The molecule has 0 aliphatic carbocycles. The largest absolute Gasteiger partial charge is 0.402 e. The highest BCUT2D eigenvalue weighted by Crippen LogP contribution is 2.39. The van der Waals surface area contributed by atoms with Crippen LogP contribution in [0.1, 0.15) is 27.7 Å². The molecule has 1 aromatic carbocycles. The smallest absolute Gasteiger partial charge is 0.289 e. The summed E-state index contributed by atoms with van der Waals surface area (Å²) < 4.78 is 13.5. The van der Waals surface area contributed by atoms with Crippen LogP contribution in [0.3, 0.4) is 0 Å². The van der Waals surface area contributed by atoms with Crippen molar-refractivity contribution in [3.8, 4) is 0 Å². The highest BCUT2D eigenvalue weighted by Gasteiger charge is 2.52. The predicted octanol–water partition coefficient (Wildman–Crippen LogP) is 4.49. The Morgan fingerprint density at radius 3 is 2.09 bits per heavy atom. The van der Waals surface area contributed by atoms with Crippen LogP contribution < -0.4 is 4.90 Å². The molecule has 4 nitrogen and oxygen atoms in total. The van der Waals surface area contributed by atoms with E-state index < -0.39 is 23.8 Å². The fourth-order valence-electron chi connectivity index (χ4n) is 2.78. The van der Waals surface area contributed by atoms with E-state index in [1.807, 2.05) is 20.8 Å². The first-order valence-corrected chi connectivity index (χ1v) is 7.56. The topological polar surface area (TPSA) is 40.6 Å². The van der Waals surface area contributed by atoms with Crippen molar-refractivity contribution in [3.05, 3.63) is 28.2 Å². The zero-order valence-electron chi connectivity index (χ0n) is 12.7. The zero-order chi connectivity index (χ0) is 16.8. The molecule has 22 heavy (non-hydrogen) atoms. The van der Waals surface area contributed by atoms with Crippen LogP contribution in [0.4, 0.5) is 14.9 Å². The van der Waals surface area contributed by atoms with Gasteiger partial charge in [-0.3, -0.25) is 14.6 Å². The summed E-state index contributed by atoms with van der Waals surface area (Å²) in [5.74, 6) is -0.371. The molecule has 0 aromatic heterocycles. The van der Waals surface area contributed by atoms with Gasteiger partial charge >= 0.3 is 6.16 Å². The van der Waals surface area contributed by atoms with Gasteiger partial charge in [-0.1, -0.05) is 44.0 Å². The van der Waals surface area contributed by atoms with Gasteiger partial charge in [-0.05, 0) is 25.1 Å². The van der Waals surface area contributed by atoms with E-state index in [0.717, 1.165) is 4.90 Å². The van der Waals surface area contributed by atoms with Crippen molar-refractivity contribution in [1.29, 1.82) is 0 Å². The minimum Gasteiger partial charge on any atom is -0.289 e. The molecule has 2 rings (SSSR count). The van der Waals surface area contributed by atoms with E-state index in [0.29, 0.717) is 15.7 Å². The van der Waals surface area contributed by atoms with Gasteiger partial charge in [0.25, 0.3) is 5.91 Å². The maximum absolute atomic E-state index is 13.5. The lowest BCUT2D eigenvalue weighted by molar-refractivity contribution is -0.119. The number of anilines is 1. The number of hydrogen-bond acceptors (Lipinski definition) is 2. The van der Waals surface area contributed by atoms with Gasteiger partial charge in [0.1, 0.15) is 12.2 Å². The summed E-state index contributed by atoms with van der Waals surface area (Å²) in [4.78, 5) is 26.3. The summed E-state index contributed by atoms with van der Waals surface area (Å²) in [6.07, 6.45) is -2.39. The van der Waals surface area contributed by atoms with Crippen molar-refractivity contribution in [2.75, 3.05) is 4.90 Å². The SMILES string of the molecule is C[C@@H]1C(=O)N(c2cc(Cl)cc(Cl)c2)[C@@H](C(C)(C)C)N1C(=O)F. The molecule has 2 amide bonds. The van der Waals surface area contributed by atoms with Crippen molar-refractivity contribution in [2.24, 2.45) is 5.41 Å². The normalized spacial score (nSPS) is 22.4. The molecule has 120 valence electrons. The molecular formula is C15H17Cl2FN2O2. The van der Waals surface area contributed by atoms with Gasteiger partial charge in [-0.25, -0.2) is 4.79 Å². The standard InChI is InChI=1S/C15H17Cl2FN2O2/c1-8-12(21)20(11-6-9(16)5-10(17)7-11)13(15(2,3)4)19(8)14(18)22/h5-8,13H,1-4H3/t8-,13+/m1/s1. The van der Waals surface area contributed by atoms with Gasteiger partial charge in [-0.15, -0.1) is 4.39 Å². The van der Waals surface area contributed by atoms with E-state index in [2.05, 4.69) is 0 Å². The molecule has 0 radical (unpaired) electrons. The van der Waals surface area contributed by atoms with E-state index in [1.165, 1.54) is 11.8 Å². The number of nitrogens with zero attached hydrogens (tertiary/aromatic N) is 2. The number of carbonyl (C=O) groups excluding carboxylic acids is 2. The van der Waals surface area contributed by atoms with Gasteiger partial charge in [0.2, 0.25) is 0 Å². The first kappa shape index (κ1) is 17.0. The van der Waals surface area contributed by atoms with Gasteiger partial charge in [0.15, 0.2) is 0 Å². The molecule has 0 saturated carbocycles. The van der Waals surface area contributed by atoms with Crippen LogP contribution in [-0.2, 0) is 4.79 Å². The number of hydrogen-bond donors (Lipinski definition) is 0. The first-order valence-electron chi connectivity index (χ1n) is 6.81. The van der Waals surface area contributed by atoms with Crippen molar-refractivity contribution < 1.29 is 14.0 Å². The molecule has 1 saturated heterocycles. The number of carbonyl (C=O) groups is 2. The van der Waals surface area contributed by atoms with E-state index >= 15 is 0 Å². The molecule has 1 aliphatic heterocycles. The molecule has 0 unspecified atom stereocenters. The summed E-state index contributed by atoms with van der Waals surface area (Å²) in [7, 11) is 0. The maximum Gasteiger partial charge on any atom is 0.402 e. The van der Waals surface area contributed by atoms with Crippen LogP contribution in [0.5, 0.6) is 0 Å². The van der Waals surface area contributed by atoms with Crippen molar-refractivity contribution in [2.45, 2.75) is 39.9 Å². The third-order valence-electron chi connectivity index (χ3n) is 3.62. The Hall–Kier alpha value is -1.33. The minimum atomic E-state index is -1.63. The van der Waals surface area contributed by atoms with Crippen LogP contribution in [0.15, 0.2) is 18.2 Å². The fraction of sp³-hybridized carbons (Fsp3) is 0.467. The molecule has 7 heteroatoms.